The van der Waals surface area contributed by atoms with Gasteiger partial charge in [-0.3, -0.25) is 4.98 Å². The number of pyridine rings is 1. The van der Waals surface area contributed by atoms with Crippen LogP contribution in [0.15, 0.2) is 29.0 Å². The minimum Gasteiger partial charge on any atom is -0.369 e. The standard InChI is InChI=1S/C15H17BrN4/c1-2-7-18-15-12(16)13(10-5-6-10)19-14(20-15)11-4-3-8-17-9-11/h3-4,8-10H,2,5-7H2,1H3,(H,18,19,20). The van der Waals surface area contributed by atoms with E-state index in [4.69, 9.17) is 4.98 Å². The van der Waals surface area contributed by atoms with Gasteiger partial charge in [-0.05, 0) is 47.3 Å². The van der Waals surface area contributed by atoms with Crippen LogP contribution >= 0.6 is 15.9 Å². The highest BCUT2D eigenvalue weighted by Gasteiger charge is 2.29. The third-order valence-electron chi connectivity index (χ3n) is 3.30. The molecule has 20 heavy (non-hydrogen) atoms. The number of anilines is 1. The number of nitrogens with one attached hydrogen (secondary N) is 1. The number of hydrogen-bond acceptors (Lipinski definition) is 4. The maximum absolute atomic E-state index is 4.74. The van der Waals surface area contributed by atoms with E-state index in [0.29, 0.717) is 5.92 Å². The summed E-state index contributed by atoms with van der Waals surface area (Å²) in [5.41, 5.74) is 2.08. The van der Waals surface area contributed by atoms with Crippen LogP contribution in [0.4, 0.5) is 5.82 Å². The first-order chi connectivity index (χ1) is 9.79. The Morgan fingerprint density at radius 1 is 1.35 bits per heavy atom. The Morgan fingerprint density at radius 3 is 2.85 bits per heavy atom. The molecule has 0 radical (unpaired) electrons. The monoisotopic (exact) mass is 332 g/mol. The molecule has 2 heterocycles. The topological polar surface area (TPSA) is 50.7 Å². The molecule has 5 heteroatoms. The summed E-state index contributed by atoms with van der Waals surface area (Å²) in [5.74, 6) is 2.22. The Hall–Kier alpha value is -1.49. The van der Waals surface area contributed by atoms with E-state index in [9.17, 15) is 0 Å². The van der Waals surface area contributed by atoms with Crippen LogP contribution in [0.5, 0.6) is 0 Å². The van der Waals surface area contributed by atoms with Crippen molar-refractivity contribution in [2.75, 3.05) is 11.9 Å². The van der Waals surface area contributed by atoms with Crippen molar-refractivity contribution in [1.29, 1.82) is 0 Å². The Balaban J connectivity index is 2.03. The summed E-state index contributed by atoms with van der Waals surface area (Å²) in [4.78, 5) is 13.5. The van der Waals surface area contributed by atoms with Gasteiger partial charge in [0.15, 0.2) is 5.82 Å². The summed E-state index contributed by atoms with van der Waals surface area (Å²) < 4.78 is 1.01. The van der Waals surface area contributed by atoms with Crippen LogP contribution in [0.25, 0.3) is 11.4 Å². The third-order valence-corrected chi connectivity index (χ3v) is 4.08. The summed E-state index contributed by atoms with van der Waals surface area (Å²) in [6.07, 6.45) is 7.08. The maximum atomic E-state index is 4.74. The fraction of sp³-hybridized carbons (Fsp3) is 0.400. The van der Waals surface area contributed by atoms with Crippen molar-refractivity contribution in [2.45, 2.75) is 32.1 Å². The molecule has 0 saturated heterocycles. The second-order valence-corrected chi connectivity index (χ2v) is 5.83. The van der Waals surface area contributed by atoms with Crippen LogP contribution in [0.3, 0.4) is 0 Å². The van der Waals surface area contributed by atoms with Crippen LogP contribution in [-0.4, -0.2) is 21.5 Å². The normalized spacial score (nSPS) is 14.3. The van der Waals surface area contributed by atoms with Crippen molar-refractivity contribution in [3.8, 4) is 11.4 Å². The molecule has 1 N–H and O–H groups in total. The van der Waals surface area contributed by atoms with E-state index in [1.54, 1.807) is 6.20 Å². The first-order valence-electron chi connectivity index (χ1n) is 7.01. The van der Waals surface area contributed by atoms with E-state index in [2.05, 4.69) is 38.1 Å². The van der Waals surface area contributed by atoms with E-state index in [1.165, 1.54) is 12.8 Å². The summed E-state index contributed by atoms with van der Waals surface area (Å²) in [7, 11) is 0. The number of aromatic nitrogens is 3. The Morgan fingerprint density at radius 2 is 2.20 bits per heavy atom. The van der Waals surface area contributed by atoms with Crippen molar-refractivity contribution in [2.24, 2.45) is 0 Å². The van der Waals surface area contributed by atoms with Crippen LogP contribution in [-0.2, 0) is 0 Å². The number of nitrogens with zero attached hydrogens (tertiary/aromatic N) is 3. The summed E-state index contributed by atoms with van der Waals surface area (Å²) in [5, 5.41) is 3.38. The SMILES string of the molecule is CCCNc1nc(-c2cccnc2)nc(C2CC2)c1Br. The lowest BCUT2D eigenvalue weighted by molar-refractivity contribution is 0.939. The summed E-state index contributed by atoms with van der Waals surface area (Å²) >= 11 is 3.66. The predicted octanol–water partition coefficient (Wildman–Crippen LogP) is 4.00. The molecule has 1 saturated carbocycles. The molecule has 0 amide bonds. The highest BCUT2D eigenvalue weighted by atomic mass is 79.9. The number of halogens is 1. The van der Waals surface area contributed by atoms with Gasteiger partial charge in [-0.1, -0.05) is 6.92 Å². The molecule has 2 aromatic heterocycles. The van der Waals surface area contributed by atoms with Crippen LogP contribution in [0.2, 0.25) is 0 Å². The van der Waals surface area contributed by atoms with Gasteiger partial charge in [0.1, 0.15) is 5.82 Å². The van der Waals surface area contributed by atoms with Crippen molar-refractivity contribution >= 4 is 21.7 Å². The highest BCUT2D eigenvalue weighted by molar-refractivity contribution is 9.10. The molecule has 1 aliphatic rings. The number of rotatable bonds is 5. The molecule has 0 aliphatic heterocycles. The molecular formula is C15H17BrN4. The average molecular weight is 333 g/mol. The molecular weight excluding hydrogens is 316 g/mol. The molecule has 2 aromatic rings. The van der Waals surface area contributed by atoms with Gasteiger partial charge in [0.25, 0.3) is 0 Å². The van der Waals surface area contributed by atoms with Crippen molar-refractivity contribution in [3.63, 3.8) is 0 Å². The largest absolute Gasteiger partial charge is 0.369 e. The molecule has 0 aromatic carbocycles. The van der Waals surface area contributed by atoms with E-state index < -0.39 is 0 Å². The smallest absolute Gasteiger partial charge is 0.163 e. The zero-order valence-electron chi connectivity index (χ0n) is 11.4. The molecule has 1 fully saturated rings. The molecule has 4 nitrogen and oxygen atoms in total. The van der Waals surface area contributed by atoms with Crippen molar-refractivity contribution < 1.29 is 0 Å². The highest BCUT2D eigenvalue weighted by Crippen LogP contribution is 2.44. The van der Waals surface area contributed by atoms with E-state index in [1.807, 2.05) is 18.3 Å². The fourth-order valence-corrected chi connectivity index (χ4v) is 2.72. The van der Waals surface area contributed by atoms with Gasteiger partial charge in [0.2, 0.25) is 0 Å². The molecule has 1 aliphatic carbocycles. The van der Waals surface area contributed by atoms with Gasteiger partial charge in [0, 0.05) is 30.4 Å². The molecule has 0 bridgehead atoms. The first-order valence-corrected chi connectivity index (χ1v) is 7.80. The molecule has 104 valence electrons. The molecule has 3 rings (SSSR count). The quantitative estimate of drug-likeness (QED) is 0.898. The number of hydrogen-bond donors (Lipinski definition) is 1. The van der Waals surface area contributed by atoms with E-state index in [0.717, 1.165) is 40.3 Å². The van der Waals surface area contributed by atoms with Gasteiger partial charge < -0.3 is 5.32 Å². The second kappa shape index (κ2) is 5.87. The Bertz CT molecular complexity index is 596. The minimum atomic E-state index is 0.574. The second-order valence-electron chi connectivity index (χ2n) is 5.04. The lowest BCUT2D eigenvalue weighted by atomic mass is 10.2. The lowest BCUT2D eigenvalue weighted by Crippen LogP contribution is -2.07. The fourth-order valence-electron chi connectivity index (χ4n) is 2.08. The summed E-state index contributed by atoms with van der Waals surface area (Å²) in [6, 6.07) is 3.91. The van der Waals surface area contributed by atoms with E-state index in [-0.39, 0.29) is 0 Å². The third kappa shape index (κ3) is 2.82. The lowest BCUT2D eigenvalue weighted by Gasteiger charge is -2.12. The van der Waals surface area contributed by atoms with Crippen LogP contribution in [0.1, 0.15) is 37.8 Å². The van der Waals surface area contributed by atoms with Gasteiger partial charge in [-0.25, -0.2) is 9.97 Å². The molecule has 0 atom stereocenters. The summed E-state index contributed by atoms with van der Waals surface area (Å²) in [6.45, 7) is 3.05. The molecule has 0 spiro atoms. The predicted molar refractivity (Wildman–Crippen MR) is 83.7 cm³/mol. The maximum Gasteiger partial charge on any atom is 0.163 e. The van der Waals surface area contributed by atoms with Gasteiger partial charge in [-0.2, -0.15) is 0 Å². The van der Waals surface area contributed by atoms with E-state index >= 15 is 0 Å². The molecule has 0 unspecified atom stereocenters. The Labute approximate surface area is 127 Å². The Kier molecular flexibility index (Phi) is 3.96. The van der Waals surface area contributed by atoms with Gasteiger partial charge in [0.05, 0.1) is 10.2 Å². The average Bonchev–Trinajstić information content (AvgIpc) is 3.32. The van der Waals surface area contributed by atoms with Crippen molar-refractivity contribution in [3.05, 3.63) is 34.7 Å². The van der Waals surface area contributed by atoms with Crippen LogP contribution in [0, 0.1) is 0 Å². The van der Waals surface area contributed by atoms with Crippen LogP contribution < -0.4 is 5.32 Å². The minimum absolute atomic E-state index is 0.574. The van der Waals surface area contributed by atoms with Gasteiger partial charge >= 0.3 is 0 Å². The van der Waals surface area contributed by atoms with Gasteiger partial charge in [-0.15, -0.1) is 0 Å². The first kappa shape index (κ1) is 13.5. The zero-order valence-corrected chi connectivity index (χ0v) is 13.0. The zero-order chi connectivity index (χ0) is 13.9. The van der Waals surface area contributed by atoms with Crippen molar-refractivity contribution in [1.82, 2.24) is 15.0 Å².